The first-order valence-corrected chi connectivity index (χ1v) is 8.81. The van der Waals surface area contributed by atoms with Gasteiger partial charge in [0.15, 0.2) is 17.6 Å². The van der Waals surface area contributed by atoms with E-state index in [4.69, 9.17) is 14.2 Å². The highest BCUT2D eigenvalue weighted by Gasteiger charge is 2.22. The topological polar surface area (TPSA) is 86.8 Å². The molecule has 0 spiro atoms. The van der Waals surface area contributed by atoms with Crippen LogP contribution in [0.5, 0.6) is 11.5 Å². The quantitative estimate of drug-likeness (QED) is 0.746. The molecule has 0 aliphatic rings. The number of carbonyl (C=O) groups is 2. The van der Waals surface area contributed by atoms with Crippen LogP contribution in [0.25, 0.3) is 0 Å². The standard InChI is InChI=1S/C18H22N2O5S/c1-10-16(26-12(3)20-10)18(22)25-11(2)17(21)19-9-13-6-7-14(23-4)15(8-13)24-5/h6-8,11H,9H2,1-5H3,(H,19,21)/t11-/m1/s1. The Bertz CT molecular complexity index is 803. The van der Waals surface area contributed by atoms with Crippen molar-refractivity contribution in [1.29, 1.82) is 0 Å². The molecule has 26 heavy (non-hydrogen) atoms. The Morgan fingerprint density at radius 2 is 1.88 bits per heavy atom. The molecular weight excluding hydrogens is 356 g/mol. The number of nitrogens with one attached hydrogen (secondary N) is 1. The number of esters is 1. The van der Waals surface area contributed by atoms with Crippen LogP contribution < -0.4 is 14.8 Å². The number of benzene rings is 1. The van der Waals surface area contributed by atoms with Gasteiger partial charge in [0.05, 0.1) is 24.9 Å². The van der Waals surface area contributed by atoms with Gasteiger partial charge in [-0.15, -0.1) is 11.3 Å². The zero-order valence-electron chi connectivity index (χ0n) is 15.4. The van der Waals surface area contributed by atoms with Gasteiger partial charge in [-0.05, 0) is 38.5 Å². The van der Waals surface area contributed by atoms with Crippen LogP contribution in [-0.2, 0) is 16.1 Å². The number of thiazole rings is 1. The van der Waals surface area contributed by atoms with Crippen LogP contribution in [0.4, 0.5) is 0 Å². The molecule has 0 aliphatic carbocycles. The number of hydrogen-bond donors (Lipinski definition) is 1. The molecule has 0 bridgehead atoms. The molecule has 1 heterocycles. The molecule has 0 saturated carbocycles. The second kappa shape index (κ2) is 8.66. The van der Waals surface area contributed by atoms with E-state index in [0.717, 1.165) is 10.6 Å². The summed E-state index contributed by atoms with van der Waals surface area (Å²) in [5.74, 6) is 0.267. The van der Waals surface area contributed by atoms with E-state index >= 15 is 0 Å². The Morgan fingerprint density at radius 3 is 2.46 bits per heavy atom. The van der Waals surface area contributed by atoms with E-state index in [-0.39, 0.29) is 12.5 Å². The van der Waals surface area contributed by atoms with Gasteiger partial charge in [0.1, 0.15) is 4.88 Å². The molecule has 1 aromatic heterocycles. The summed E-state index contributed by atoms with van der Waals surface area (Å²) in [6, 6.07) is 5.36. The molecule has 1 atom stereocenters. The van der Waals surface area contributed by atoms with Crippen molar-refractivity contribution < 1.29 is 23.8 Å². The second-order valence-electron chi connectivity index (χ2n) is 5.60. The number of aryl methyl sites for hydroxylation is 2. The van der Waals surface area contributed by atoms with Gasteiger partial charge >= 0.3 is 5.97 Å². The lowest BCUT2D eigenvalue weighted by Gasteiger charge is -2.14. The maximum absolute atomic E-state index is 12.2. The van der Waals surface area contributed by atoms with Crippen LogP contribution in [-0.4, -0.2) is 37.2 Å². The molecule has 140 valence electrons. The monoisotopic (exact) mass is 378 g/mol. The van der Waals surface area contributed by atoms with Gasteiger partial charge in [-0.2, -0.15) is 0 Å². The molecule has 2 aromatic rings. The number of aromatic nitrogens is 1. The van der Waals surface area contributed by atoms with Crippen molar-refractivity contribution in [2.75, 3.05) is 14.2 Å². The van der Waals surface area contributed by atoms with Gasteiger partial charge in [0.2, 0.25) is 0 Å². The fourth-order valence-corrected chi connectivity index (χ4v) is 3.11. The zero-order valence-corrected chi connectivity index (χ0v) is 16.2. The number of hydrogen-bond acceptors (Lipinski definition) is 7. The summed E-state index contributed by atoms with van der Waals surface area (Å²) in [6.07, 6.45) is -0.913. The third kappa shape index (κ3) is 4.72. The Kier molecular flexibility index (Phi) is 6.57. The summed E-state index contributed by atoms with van der Waals surface area (Å²) < 4.78 is 15.6. The van der Waals surface area contributed by atoms with E-state index in [9.17, 15) is 9.59 Å². The van der Waals surface area contributed by atoms with Gasteiger partial charge in [0.25, 0.3) is 5.91 Å². The molecule has 1 amide bonds. The first kappa shape index (κ1) is 19.7. The first-order chi connectivity index (χ1) is 12.3. The Morgan fingerprint density at radius 1 is 1.19 bits per heavy atom. The summed E-state index contributed by atoms with van der Waals surface area (Å²) in [7, 11) is 3.10. The molecular formula is C18H22N2O5S. The minimum absolute atomic E-state index is 0.278. The van der Waals surface area contributed by atoms with Crippen molar-refractivity contribution in [1.82, 2.24) is 10.3 Å². The molecule has 0 unspecified atom stereocenters. The summed E-state index contributed by atoms with van der Waals surface area (Å²) in [4.78, 5) is 29.0. The van der Waals surface area contributed by atoms with Crippen molar-refractivity contribution in [3.63, 3.8) is 0 Å². The number of methoxy groups -OCH3 is 2. The number of rotatable bonds is 7. The van der Waals surface area contributed by atoms with E-state index in [1.165, 1.54) is 18.3 Å². The lowest BCUT2D eigenvalue weighted by atomic mass is 10.2. The molecule has 0 fully saturated rings. The fraction of sp³-hybridized carbons (Fsp3) is 0.389. The van der Waals surface area contributed by atoms with Gasteiger partial charge in [-0.25, -0.2) is 9.78 Å². The minimum atomic E-state index is -0.913. The van der Waals surface area contributed by atoms with Crippen molar-refractivity contribution in [3.8, 4) is 11.5 Å². The Balaban J connectivity index is 1.93. The van der Waals surface area contributed by atoms with E-state index in [2.05, 4.69) is 10.3 Å². The Labute approximate surface area is 156 Å². The average molecular weight is 378 g/mol. The SMILES string of the molecule is COc1ccc(CNC(=O)[C@@H](C)OC(=O)c2sc(C)nc2C)cc1OC. The number of ether oxygens (including phenoxy) is 3. The lowest BCUT2D eigenvalue weighted by molar-refractivity contribution is -0.129. The largest absolute Gasteiger partial charge is 0.493 e. The maximum atomic E-state index is 12.2. The van der Waals surface area contributed by atoms with Gasteiger partial charge in [-0.3, -0.25) is 4.79 Å². The van der Waals surface area contributed by atoms with Crippen molar-refractivity contribution in [3.05, 3.63) is 39.3 Å². The zero-order chi connectivity index (χ0) is 19.3. The van der Waals surface area contributed by atoms with Crippen LogP contribution in [0, 0.1) is 13.8 Å². The van der Waals surface area contributed by atoms with Crippen molar-refractivity contribution >= 4 is 23.2 Å². The Hall–Kier alpha value is -2.61. The maximum Gasteiger partial charge on any atom is 0.351 e. The molecule has 1 aromatic carbocycles. The fourth-order valence-electron chi connectivity index (χ4n) is 2.31. The third-order valence-electron chi connectivity index (χ3n) is 3.66. The summed E-state index contributed by atoms with van der Waals surface area (Å²) in [5.41, 5.74) is 1.44. The molecule has 0 radical (unpaired) electrons. The predicted molar refractivity (Wildman–Crippen MR) is 97.9 cm³/mol. The predicted octanol–water partition coefficient (Wildman–Crippen LogP) is 2.64. The van der Waals surface area contributed by atoms with Crippen molar-refractivity contribution in [2.24, 2.45) is 0 Å². The van der Waals surface area contributed by atoms with Crippen LogP contribution in [0.2, 0.25) is 0 Å². The normalized spacial score (nSPS) is 11.6. The molecule has 2 rings (SSSR count). The van der Waals surface area contributed by atoms with Gasteiger partial charge in [0, 0.05) is 6.54 Å². The summed E-state index contributed by atoms with van der Waals surface area (Å²) in [6.45, 7) is 5.36. The van der Waals surface area contributed by atoms with Gasteiger partial charge < -0.3 is 19.5 Å². The molecule has 0 saturated heterocycles. The molecule has 1 N–H and O–H groups in total. The van der Waals surface area contributed by atoms with Crippen LogP contribution in [0.15, 0.2) is 18.2 Å². The molecule has 8 heteroatoms. The van der Waals surface area contributed by atoms with E-state index < -0.39 is 12.1 Å². The smallest absolute Gasteiger partial charge is 0.351 e. The summed E-state index contributed by atoms with van der Waals surface area (Å²) in [5, 5.41) is 3.52. The minimum Gasteiger partial charge on any atom is -0.493 e. The summed E-state index contributed by atoms with van der Waals surface area (Å²) >= 11 is 1.25. The third-order valence-corrected chi connectivity index (χ3v) is 4.71. The first-order valence-electron chi connectivity index (χ1n) is 7.99. The van der Waals surface area contributed by atoms with Crippen molar-refractivity contribution in [2.45, 2.75) is 33.4 Å². The lowest BCUT2D eigenvalue weighted by Crippen LogP contribution is -2.35. The molecule has 7 nitrogen and oxygen atoms in total. The van der Waals surface area contributed by atoms with Crippen LogP contribution >= 0.6 is 11.3 Å². The number of amides is 1. The van der Waals surface area contributed by atoms with Crippen LogP contribution in [0.1, 0.15) is 32.9 Å². The highest BCUT2D eigenvalue weighted by Crippen LogP contribution is 2.27. The van der Waals surface area contributed by atoms with E-state index in [1.807, 2.05) is 13.0 Å². The number of nitrogens with zero attached hydrogens (tertiary/aromatic N) is 1. The highest BCUT2D eigenvalue weighted by atomic mass is 32.1. The van der Waals surface area contributed by atoms with E-state index in [1.54, 1.807) is 33.3 Å². The highest BCUT2D eigenvalue weighted by molar-refractivity contribution is 7.13. The molecule has 0 aliphatic heterocycles. The number of carbonyl (C=O) groups excluding carboxylic acids is 2. The van der Waals surface area contributed by atoms with Gasteiger partial charge in [-0.1, -0.05) is 6.07 Å². The van der Waals surface area contributed by atoms with Crippen LogP contribution in [0.3, 0.4) is 0 Å². The van der Waals surface area contributed by atoms with E-state index in [0.29, 0.717) is 22.1 Å². The second-order valence-corrected chi connectivity index (χ2v) is 6.81. The average Bonchev–Trinajstić information content (AvgIpc) is 2.97.